The van der Waals surface area contributed by atoms with Crippen LogP contribution in [0.4, 0.5) is 0 Å². The first-order valence-electron chi connectivity index (χ1n) is 4.79. The zero-order chi connectivity index (χ0) is 15.0. The molecule has 18 heavy (non-hydrogen) atoms. The van der Waals surface area contributed by atoms with Crippen LogP contribution in [0.1, 0.15) is 20.3 Å². The molecule has 0 spiro atoms. The third kappa shape index (κ3) is 4.23. The van der Waals surface area contributed by atoms with E-state index < -0.39 is 46.2 Å². The molecule has 0 aliphatic carbocycles. The van der Waals surface area contributed by atoms with E-state index in [1.165, 1.54) is 0 Å². The molecule has 0 aliphatic rings. The van der Waals surface area contributed by atoms with Gasteiger partial charge in [0.2, 0.25) is 0 Å². The fraction of sp³-hybridized carbons (Fsp3) is 1.00. The van der Waals surface area contributed by atoms with E-state index in [-0.39, 0.29) is 0 Å². The Morgan fingerprint density at radius 3 is 1.50 bits per heavy atom. The van der Waals surface area contributed by atoms with Crippen molar-refractivity contribution in [3.8, 4) is 0 Å². The van der Waals surface area contributed by atoms with Crippen molar-refractivity contribution in [1.29, 1.82) is 0 Å². The largest absolute Gasteiger partial charge is 0.343 e. The third-order valence-electron chi connectivity index (χ3n) is 2.97. The molecule has 9 nitrogen and oxygen atoms in total. The van der Waals surface area contributed by atoms with Gasteiger partial charge in [-0.3, -0.25) is 13.7 Å². The van der Waals surface area contributed by atoms with Crippen LogP contribution in [0, 0.1) is 5.92 Å². The summed E-state index contributed by atoms with van der Waals surface area (Å²) < 4.78 is 33.2. The molecule has 6 N–H and O–H groups in total. The van der Waals surface area contributed by atoms with E-state index in [0.717, 1.165) is 13.8 Å². The minimum Gasteiger partial charge on any atom is -0.324 e. The van der Waals surface area contributed by atoms with Crippen molar-refractivity contribution < 1.29 is 43.1 Å². The van der Waals surface area contributed by atoms with Gasteiger partial charge < -0.3 is 29.4 Å². The lowest BCUT2D eigenvalue weighted by molar-refractivity contribution is 0.277. The van der Waals surface area contributed by atoms with Crippen molar-refractivity contribution in [2.75, 3.05) is 6.16 Å². The molecule has 0 amide bonds. The van der Waals surface area contributed by atoms with Gasteiger partial charge in [0.15, 0.2) is 4.90 Å². The van der Waals surface area contributed by atoms with Crippen LogP contribution >= 0.6 is 22.8 Å². The number of hydrogen-bond donors (Lipinski definition) is 6. The van der Waals surface area contributed by atoms with E-state index in [1.807, 2.05) is 0 Å². The summed E-state index contributed by atoms with van der Waals surface area (Å²) in [5.41, 5.74) is 0. The zero-order valence-corrected chi connectivity index (χ0v) is 12.4. The summed E-state index contributed by atoms with van der Waals surface area (Å²) in [5.74, 6) is -1.27. The molecule has 0 heterocycles. The summed E-state index contributed by atoms with van der Waals surface area (Å²) in [5, 5.41) is 0. The first-order valence-corrected chi connectivity index (χ1v) is 9.81. The van der Waals surface area contributed by atoms with E-state index in [2.05, 4.69) is 0 Å². The lowest BCUT2D eigenvalue weighted by Crippen LogP contribution is -2.33. The van der Waals surface area contributed by atoms with Crippen molar-refractivity contribution in [1.82, 2.24) is 0 Å². The highest BCUT2D eigenvalue weighted by Crippen LogP contribution is 2.72. The molecule has 0 rings (SSSR count). The van der Waals surface area contributed by atoms with Crippen LogP contribution in [-0.2, 0) is 13.7 Å². The molecule has 1 atom stereocenters. The van der Waals surface area contributed by atoms with Crippen molar-refractivity contribution in [2.45, 2.75) is 25.2 Å². The molecular weight excluding hydrogens is 309 g/mol. The average molecular weight is 326 g/mol. The minimum atomic E-state index is -5.16. The predicted octanol–water partition coefficient (Wildman–Crippen LogP) is 0.262. The Balaban J connectivity index is 5.33. The summed E-state index contributed by atoms with van der Waals surface area (Å²) in [4.78, 5) is 51.1. The smallest absolute Gasteiger partial charge is 0.324 e. The van der Waals surface area contributed by atoms with E-state index in [1.54, 1.807) is 0 Å². The zero-order valence-electron chi connectivity index (χ0n) is 9.74. The second kappa shape index (κ2) is 5.44. The highest BCUT2D eigenvalue weighted by molar-refractivity contribution is 7.72. The molecule has 0 aromatic carbocycles. The average Bonchev–Trinajstić information content (AvgIpc) is 2.07. The summed E-state index contributed by atoms with van der Waals surface area (Å²) in [6, 6.07) is 0. The Morgan fingerprint density at radius 1 is 0.944 bits per heavy atom. The Morgan fingerprint density at radius 2 is 1.28 bits per heavy atom. The van der Waals surface area contributed by atoms with Gasteiger partial charge in [-0.25, -0.2) is 0 Å². The van der Waals surface area contributed by atoms with E-state index in [0.29, 0.717) is 0 Å². The van der Waals surface area contributed by atoms with E-state index in [9.17, 15) is 13.7 Å². The van der Waals surface area contributed by atoms with Crippen LogP contribution in [0.15, 0.2) is 0 Å². The van der Waals surface area contributed by atoms with E-state index in [4.69, 9.17) is 29.4 Å². The normalized spacial score (nSPS) is 16.7. The summed E-state index contributed by atoms with van der Waals surface area (Å²) >= 11 is 0. The van der Waals surface area contributed by atoms with Gasteiger partial charge >= 0.3 is 22.8 Å². The summed E-state index contributed by atoms with van der Waals surface area (Å²) in [7, 11) is -14.7. The van der Waals surface area contributed by atoms with Gasteiger partial charge in [-0.15, -0.1) is 0 Å². The van der Waals surface area contributed by atoms with Crippen molar-refractivity contribution in [3.63, 3.8) is 0 Å². The van der Waals surface area contributed by atoms with E-state index >= 15 is 0 Å². The lowest BCUT2D eigenvalue weighted by Gasteiger charge is -2.36. The minimum absolute atomic E-state index is 0.420. The predicted molar refractivity (Wildman–Crippen MR) is 63.2 cm³/mol. The van der Waals surface area contributed by atoms with Crippen LogP contribution in [0.25, 0.3) is 0 Å². The topological polar surface area (TPSA) is 173 Å². The van der Waals surface area contributed by atoms with Crippen LogP contribution in [-0.4, -0.2) is 40.4 Å². The fourth-order valence-corrected chi connectivity index (χ4v) is 4.87. The third-order valence-corrected chi connectivity index (χ3v) is 8.61. The van der Waals surface area contributed by atoms with Gasteiger partial charge in [0.25, 0.3) is 0 Å². The highest BCUT2D eigenvalue weighted by Gasteiger charge is 2.59. The number of hydrogen-bond acceptors (Lipinski definition) is 3. The maximum atomic E-state index is 11.3. The highest BCUT2D eigenvalue weighted by atomic mass is 31.2. The monoisotopic (exact) mass is 326 g/mol. The first kappa shape index (κ1) is 18.4. The molecular formula is C6H17O9P3. The van der Waals surface area contributed by atoms with Gasteiger partial charge in [-0.2, -0.15) is 0 Å². The Hall–Kier alpha value is 0.450. The van der Waals surface area contributed by atoms with Crippen molar-refractivity contribution in [2.24, 2.45) is 5.92 Å². The molecule has 0 radical (unpaired) electrons. The molecule has 0 bridgehead atoms. The van der Waals surface area contributed by atoms with Crippen LogP contribution in [0.2, 0.25) is 0 Å². The molecule has 0 aromatic rings. The van der Waals surface area contributed by atoms with Crippen molar-refractivity contribution in [3.05, 3.63) is 0 Å². The SMILES string of the molecule is CC(CCP(=O)(O)O)C(C)(P(=O)(O)O)P(=O)(O)O. The van der Waals surface area contributed by atoms with Gasteiger partial charge in [0.05, 0.1) is 6.16 Å². The quantitative estimate of drug-likeness (QED) is 0.374. The second-order valence-electron chi connectivity index (χ2n) is 4.26. The Labute approximate surface area is 104 Å². The van der Waals surface area contributed by atoms with Gasteiger partial charge in [0, 0.05) is 0 Å². The summed E-state index contributed by atoms with van der Waals surface area (Å²) in [6.45, 7) is 1.85. The van der Waals surface area contributed by atoms with Gasteiger partial charge in [-0.1, -0.05) is 6.92 Å². The lowest BCUT2D eigenvalue weighted by atomic mass is 10.1. The molecule has 0 aliphatic heterocycles. The molecule has 0 saturated carbocycles. The maximum absolute atomic E-state index is 11.3. The fourth-order valence-electron chi connectivity index (χ4n) is 1.38. The molecule has 12 heteroatoms. The molecule has 0 saturated heterocycles. The Kier molecular flexibility index (Phi) is 5.58. The van der Waals surface area contributed by atoms with Crippen LogP contribution in [0.3, 0.4) is 0 Å². The number of rotatable bonds is 6. The molecule has 1 unspecified atom stereocenters. The van der Waals surface area contributed by atoms with Gasteiger partial charge in [0.1, 0.15) is 0 Å². The van der Waals surface area contributed by atoms with Gasteiger partial charge in [-0.05, 0) is 19.3 Å². The molecule has 0 aromatic heterocycles. The Bertz CT molecular complexity index is 406. The maximum Gasteiger partial charge on any atom is 0.343 e. The van der Waals surface area contributed by atoms with Crippen LogP contribution in [0.5, 0.6) is 0 Å². The molecule has 0 fully saturated rings. The first-order chi connectivity index (χ1) is 7.63. The second-order valence-corrected chi connectivity index (χ2v) is 10.4. The summed E-state index contributed by atoms with van der Waals surface area (Å²) in [6.07, 6.45) is -1.12. The standard InChI is InChI=1S/C6H17O9P3/c1-5(3-4-16(7,8)9)6(2,17(10,11)12)18(13,14)15/h5H,3-4H2,1-2H3,(H2,7,8,9)(H2,10,11,12)(H2,13,14,15). The van der Waals surface area contributed by atoms with Crippen LogP contribution < -0.4 is 0 Å². The molecule has 110 valence electrons. The van der Waals surface area contributed by atoms with Crippen molar-refractivity contribution >= 4 is 22.8 Å².